The van der Waals surface area contributed by atoms with Crippen LogP contribution in [0.15, 0.2) is 30.6 Å². The number of benzene rings is 1. The molecule has 1 aromatic carbocycles. The third-order valence-corrected chi connectivity index (χ3v) is 4.55. The average molecular weight is 326 g/mol. The molecule has 0 spiro atoms. The Morgan fingerprint density at radius 1 is 1.21 bits per heavy atom. The smallest absolute Gasteiger partial charge is 0.120 e. The summed E-state index contributed by atoms with van der Waals surface area (Å²) in [6.45, 7) is 5.67. The number of aromatic nitrogens is 4. The molecule has 0 aliphatic carbocycles. The predicted octanol–water partition coefficient (Wildman–Crippen LogP) is 3.57. The van der Waals surface area contributed by atoms with Gasteiger partial charge in [-0.3, -0.25) is 9.78 Å². The summed E-state index contributed by atoms with van der Waals surface area (Å²) in [5.74, 6) is 0.855. The molecule has 24 heavy (non-hydrogen) atoms. The first-order valence-electron chi connectivity index (χ1n) is 8.48. The van der Waals surface area contributed by atoms with E-state index in [9.17, 15) is 0 Å². The standard InChI is InChI=1S/C18H22N4O2/c1-12-5-7-23-8-6-13(2)24-15-3-4-17-16(9-15)18(21-20-17)14-10-19-22(12)11-14/h3-4,9-13H,5-8H2,1-2H3,(H,20,21)/t12-,13+/m1/s1. The van der Waals surface area contributed by atoms with E-state index in [1.807, 2.05) is 29.1 Å². The molecular formula is C18H22N4O2. The first kappa shape index (κ1) is 15.2. The van der Waals surface area contributed by atoms with Gasteiger partial charge in [-0.25, -0.2) is 0 Å². The number of hydrogen-bond donors (Lipinski definition) is 1. The molecule has 2 aromatic heterocycles. The first-order valence-corrected chi connectivity index (χ1v) is 8.48. The minimum Gasteiger partial charge on any atom is -0.491 e. The van der Waals surface area contributed by atoms with Crippen LogP contribution in [0, 0.1) is 0 Å². The van der Waals surface area contributed by atoms with Gasteiger partial charge in [0.25, 0.3) is 0 Å². The predicted molar refractivity (Wildman–Crippen MR) is 92.2 cm³/mol. The molecule has 0 radical (unpaired) electrons. The fraction of sp³-hybridized carbons (Fsp3) is 0.444. The van der Waals surface area contributed by atoms with E-state index in [0.717, 1.165) is 47.4 Å². The number of nitrogens with zero attached hydrogens (tertiary/aromatic N) is 3. The van der Waals surface area contributed by atoms with Crippen molar-refractivity contribution in [3.05, 3.63) is 30.6 Å². The number of ether oxygens (including phenoxy) is 2. The van der Waals surface area contributed by atoms with Crippen LogP contribution >= 0.6 is 0 Å². The van der Waals surface area contributed by atoms with E-state index in [1.54, 1.807) is 0 Å². The van der Waals surface area contributed by atoms with Crippen LogP contribution in [-0.2, 0) is 4.74 Å². The van der Waals surface area contributed by atoms with Gasteiger partial charge in [0, 0.05) is 30.2 Å². The van der Waals surface area contributed by atoms with Crippen LogP contribution in [-0.4, -0.2) is 39.3 Å². The molecule has 0 amide bonds. The summed E-state index contributed by atoms with van der Waals surface area (Å²) in [7, 11) is 0. The summed E-state index contributed by atoms with van der Waals surface area (Å²) in [5.41, 5.74) is 2.92. The van der Waals surface area contributed by atoms with E-state index >= 15 is 0 Å². The van der Waals surface area contributed by atoms with Crippen LogP contribution in [0.2, 0.25) is 0 Å². The van der Waals surface area contributed by atoms with Crippen molar-refractivity contribution in [1.29, 1.82) is 0 Å². The summed E-state index contributed by atoms with van der Waals surface area (Å²) < 4.78 is 13.8. The zero-order valence-corrected chi connectivity index (χ0v) is 14.0. The molecule has 4 rings (SSSR count). The van der Waals surface area contributed by atoms with Crippen LogP contribution in [0.4, 0.5) is 0 Å². The summed E-state index contributed by atoms with van der Waals surface area (Å²) in [6.07, 6.45) is 5.84. The topological polar surface area (TPSA) is 65.0 Å². The highest BCUT2D eigenvalue weighted by Crippen LogP contribution is 2.30. The Morgan fingerprint density at radius 2 is 2.08 bits per heavy atom. The largest absolute Gasteiger partial charge is 0.491 e. The SMILES string of the molecule is C[C@@H]1CCOCC[C@H](C)Oc2ccc3[nH]nc(c3c2)-c2cnn1c2. The number of nitrogens with one attached hydrogen (secondary N) is 1. The highest BCUT2D eigenvalue weighted by atomic mass is 16.5. The third-order valence-electron chi connectivity index (χ3n) is 4.55. The summed E-state index contributed by atoms with van der Waals surface area (Å²) in [6, 6.07) is 6.32. The van der Waals surface area contributed by atoms with E-state index in [1.165, 1.54) is 0 Å². The van der Waals surface area contributed by atoms with Gasteiger partial charge in [0.15, 0.2) is 0 Å². The van der Waals surface area contributed by atoms with Crippen LogP contribution in [0.1, 0.15) is 32.7 Å². The average Bonchev–Trinajstić information content (AvgIpc) is 3.19. The molecule has 1 aliphatic rings. The minimum atomic E-state index is 0.112. The molecule has 0 saturated heterocycles. The van der Waals surface area contributed by atoms with Crippen molar-refractivity contribution in [1.82, 2.24) is 20.0 Å². The highest BCUT2D eigenvalue weighted by Gasteiger charge is 2.15. The van der Waals surface area contributed by atoms with Crippen molar-refractivity contribution >= 4 is 10.9 Å². The van der Waals surface area contributed by atoms with Crippen LogP contribution in [0.5, 0.6) is 5.75 Å². The Balaban J connectivity index is 1.78. The van der Waals surface area contributed by atoms with Crippen molar-refractivity contribution in [2.75, 3.05) is 13.2 Å². The Bertz CT molecular complexity index is 839. The number of hydrogen-bond acceptors (Lipinski definition) is 4. The van der Waals surface area contributed by atoms with Crippen LogP contribution < -0.4 is 4.74 Å². The lowest BCUT2D eigenvalue weighted by Gasteiger charge is -2.16. The molecule has 0 fully saturated rings. The lowest BCUT2D eigenvalue weighted by Crippen LogP contribution is -2.15. The Hall–Kier alpha value is -2.34. The molecule has 3 heterocycles. The first-order chi connectivity index (χ1) is 11.7. The maximum Gasteiger partial charge on any atom is 0.120 e. The van der Waals surface area contributed by atoms with E-state index in [0.29, 0.717) is 12.6 Å². The van der Waals surface area contributed by atoms with Gasteiger partial charge in [-0.05, 0) is 38.5 Å². The molecule has 0 unspecified atom stereocenters. The normalized spacial score (nSPS) is 22.1. The molecule has 0 saturated carbocycles. The molecule has 1 N–H and O–H groups in total. The summed E-state index contributed by atoms with van der Waals surface area (Å²) >= 11 is 0. The van der Waals surface area contributed by atoms with Gasteiger partial charge in [0.2, 0.25) is 0 Å². The number of rotatable bonds is 0. The lowest BCUT2D eigenvalue weighted by atomic mass is 10.1. The number of H-pyrrole nitrogens is 1. The monoisotopic (exact) mass is 326 g/mol. The van der Waals surface area contributed by atoms with Gasteiger partial charge < -0.3 is 9.47 Å². The second kappa shape index (κ2) is 6.28. The van der Waals surface area contributed by atoms with Gasteiger partial charge in [0.1, 0.15) is 11.4 Å². The maximum absolute atomic E-state index is 6.04. The van der Waals surface area contributed by atoms with E-state index in [2.05, 4.69) is 35.3 Å². The van der Waals surface area contributed by atoms with E-state index < -0.39 is 0 Å². The van der Waals surface area contributed by atoms with Crippen molar-refractivity contribution < 1.29 is 9.47 Å². The fourth-order valence-electron chi connectivity index (χ4n) is 3.02. The molecule has 126 valence electrons. The Kier molecular flexibility index (Phi) is 3.98. The maximum atomic E-state index is 6.04. The Morgan fingerprint density at radius 3 is 3.00 bits per heavy atom. The molecule has 1 aliphatic heterocycles. The Labute approximate surface area is 140 Å². The van der Waals surface area contributed by atoms with Gasteiger partial charge in [-0.15, -0.1) is 0 Å². The third kappa shape index (κ3) is 2.89. The molecule has 2 atom stereocenters. The number of fused-ring (bicyclic) bond motifs is 4. The summed E-state index contributed by atoms with van der Waals surface area (Å²) in [4.78, 5) is 0. The van der Waals surface area contributed by atoms with Gasteiger partial charge >= 0.3 is 0 Å². The lowest BCUT2D eigenvalue weighted by molar-refractivity contribution is 0.0899. The van der Waals surface area contributed by atoms with Crippen molar-refractivity contribution in [3.8, 4) is 17.0 Å². The molecule has 6 heteroatoms. The second-order valence-corrected chi connectivity index (χ2v) is 6.46. The van der Waals surface area contributed by atoms with Gasteiger partial charge in [-0.2, -0.15) is 10.2 Å². The van der Waals surface area contributed by atoms with Crippen LogP contribution in [0.25, 0.3) is 22.2 Å². The summed E-state index contributed by atoms with van der Waals surface area (Å²) in [5, 5.41) is 13.1. The molecular weight excluding hydrogens is 304 g/mol. The van der Waals surface area contributed by atoms with Crippen molar-refractivity contribution in [2.45, 2.75) is 38.8 Å². The minimum absolute atomic E-state index is 0.112. The molecule has 3 aromatic rings. The number of aromatic amines is 1. The van der Waals surface area contributed by atoms with Crippen molar-refractivity contribution in [3.63, 3.8) is 0 Å². The zero-order valence-electron chi connectivity index (χ0n) is 14.0. The quantitative estimate of drug-likeness (QED) is 0.686. The van der Waals surface area contributed by atoms with Crippen LogP contribution in [0.3, 0.4) is 0 Å². The molecule has 6 nitrogen and oxygen atoms in total. The highest BCUT2D eigenvalue weighted by molar-refractivity contribution is 5.93. The van der Waals surface area contributed by atoms with E-state index in [4.69, 9.17) is 9.47 Å². The molecule has 4 bridgehead atoms. The fourth-order valence-corrected chi connectivity index (χ4v) is 3.02. The van der Waals surface area contributed by atoms with Gasteiger partial charge in [-0.1, -0.05) is 0 Å². The van der Waals surface area contributed by atoms with E-state index in [-0.39, 0.29) is 6.10 Å². The second-order valence-electron chi connectivity index (χ2n) is 6.46. The van der Waals surface area contributed by atoms with Crippen molar-refractivity contribution in [2.24, 2.45) is 0 Å². The van der Waals surface area contributed by atoms with Gasteiger partial charge in [0.05, 0.1) is 30.5 Å². The zero-order chi connectivity index (χ0) is 16.5.